The van der Waals surface area contributed by atoms with E-state index < -0.39 is 5.91 Å². The van der Waals surface area contributed by atoms with Crippen LogP contribution >= 0.6 is 0 Å². The monoisotopic (exact) mass is 250 g/mol. The fourth-order valence-electron chi connectivity index (χ4n) is 2.67. The lowest BCUT2D eigenvalue weighted by molar-refractivity contribution is 0.0990. The van der Waals surface area contributed by atoms with Crippen molar-refractivity contribution >= 4 is 5.91 Å². The Kier molecular flexibility index (Phi) is 4.33. The molecule has 5 nitrogen and oxygen atoms in total. The normalized spacial score (nSPS) is 16.3. The average molecular weight is 250 g/mol. The van der Waals surface area contributed by atoms with Crippen LogP contribution in [0.5, 0.6) is 0 Å². The van der Waals surface area contributed by atoms with E-state index in [4.69, 9.17) is 5.73 Å². The fraction of sp³-hybridized carbons (Fsp3) is 0.769. The van der Waals surface area contributed by atoms with Crippen molar-refractivity contribution in [1.29, 1.82) is 0 Å². The highest BCUT2D eigenvalue weighted by atomic mass is 16.1. The molecule has 18 heavy (non-hydrogen) atoms. The second-order valence-corrected chi connectivity index (χ2v) is 5.13. The van der Waals surface area contributed by atoms with Crippen LogP contribution in [0.3, 0.4) is 0 Å². The molecule has 100 valence electrons. The van der Waals surface area contributed by atoms with Crippen LogP contribution in [-0.4, -0.2) is 20.7 Å². The first-order valence-electron chi connectivity index (χ1n) is 6.94. The molecule has 0 aromatic carbocycles. The lowest BCUT2D eigenvalue weighted by atomic mass is 10.0. The molecule has 5 heteroatoms. The third kappa shape index (κ3) is 3.09. The Hall–Kier alpha value is -1.39. The highest BCUT2D eigenvalue weighted by Gasteiger charge is 2.17. The molecule has 2 N–H and O–H groups in total. The van der Waals surface area contributed by atoms with Gasteiger partial charge in [-0.05, 0) is 18.8 Å². The maximum absolute atomic E-state index is 11.1. The zero-order chi connectivity index (χ0) is 13.0. The Balaban J connectivity index is 2.02. The lowest BCUT2D eigenvalue weighted by Gasteiger charge is -2.09. The maximum Gasteiger partial charge on any atom is 0.288 e. The molecule has 0 saturated heterocycles. The van der Waals surface area contributed by atoms with Crippen LogP contribution in [-0.2, 0) is 13.0 Å². The largest absolute Gasteiger partial charge is 0.363 e. The van der Waals surface area contributed by atoms with Crippen LogP contribution < -0.4 is 5.73 Å². The number of carbonyl (C=O) groups is 1. The molecule has 0 atom stereocenters. The van der Waals surface area contributed by atoms with Crippen LogP contribution in [0, 0.1) is 5.92 Å². The smallest absolute Gasteiger partial charge is 0.288 e. The summed E-state index contributed by atoms with van der Waals surface area (Å²) < 4.78 is 1.88. The van der Waals surface area contributed by atoms with Gasteiger partial charge in [0.15, 0.2) is 0 Å². The number of hydrogen-bond donors (Lipinski definition) is 1. The summed E-state index contributed by atoms with van der Waals surface area (Å²) in [6.45, 7) is 2.96. The Morgan fingerprint density at radius 3 is 2.78 bits per heavy atom. The van der Waals surface area contributed by atoms with Crippen molar-refractivity contribution in [3.8, 4) is 0 Å². The summed E-state index contributed by atoms with van der Waals surface area (Å²) in [5.74, 6) is 1.34. The minimum Gasteiger partial charge on any atom is -0.363 e. The first-order valence-corrected chi connectivity index (χ1v) is 6.94. The van der Waals surface area contributed by atoms with Crippen molar-refractivity contribution in [2.24, 2.45) is 11.7 Å². The number of hydrogen-bond acceptors (Lipinski definition) is 3. The molecule has 0 radical (unpaired) electrons. The van der Waals surface area contributed by atoms with E-state index in [-0.39, 0.29) is 5.82 Å². The van der Waals surface area contributed by atoms with E-state index >= 15 is 0 Å². The van der Waals surface area contributed by atoms with E-state index in [1.807, 2.05) is 4.68 Å². The second kappa shape index (κ2) is 5.98. The van der Waals surface area contributed by atoms with Crippen LogP contribution in [0.1, 0.15) is 61.9 Å². The van der Waals surface area contributed by atoms with Gasteiger partial charge < -0.3 is 5.73 Å². The molecule has 1 fully saturated rings. The van der Waals surface area contributed by atoms with Crippen molar-refractivity contribution in [3.05, 3.63) is 11.6 Å². The van der Waals surface area contributed by atoms with Crippen molar-refractivity contribution in [2.75, 3.05) is 0 Å². The van der Waals surface area contributed by atoms with E-state index in [1.165, 1.54) is 25.7 Å². The molecule has 2 rings (SSSR count). The first kappa shape index (κ1) is 13.1. The molecular formula is C13H22N4O. The van der Waals surface area contributed by atoms with Gasteiger partial charge in [0.1, 0.15) is 5.82 Å². The van der Waals surface area contributed by atoms with Gasteiger partial charge in [0.25, 0.3) is 5.91 Å². The van der Waals surface area contributed by atoms with Gasteiger partial charge in [-0.1, -0.05) is 32.6 Å². The van der Waals surface area contributed by atoms with Crippen molar-refractivity contribution < 1.29 is 4.79 Å². The molecule has 0 spiro atoms. The van der Waals surface area contributed by atoms with Crippen LogP contribution in [0.4, 0.5) is 0 Å². The number of primary amides is 1. The molecule has 1 amide bonds. The standard InChI is InChI=1S/C13H22N4O/c1-2-5-11-15-13(12(14)18)16-17(11)9-8-10-6-3-4-7-10/h10H,2-9H2,1H3,(H2,14,18). The average Bonchev–Trinajstić information content (AvgIpc) is 2.95. The predicted octanol–water partition coefficient (Wildman–Crippen LogP) is 1.91. The Labute approximate surface area is 108 Å². The summed E-state index contributed by atoms with van der Waals surface area (Å²) in [5.41, 5.74) is 5.23. The Bertz CT molecular complexity index is 407. The van der Waals surface area contributed by atoms with E-state index in [1.54, 1.807) is 0 Å². The van der Waals surface area contributed by atoms with Gasteiger partial charge in [-0.3, -0.25) is 4.79 Å². The van der Waals surface area contributed by atoms with Gasteiger partial charge in [0.2, 0.25) is 5.82 Å². The third-order valence-electron chi connectivity index (χ3n) is 3.67. The van der Waals surface area contributed by atoms with Gasteiger partial charge >= 0.3 is 0 Å². The van der Waals surface area contributed by atoms with Crippen LogP contribution in [0.2, 0.25) is 0 Å². The van der Waals surface area contributed by atoms with Crippen molar-refractivity contribution in [1.82, 2.24) is 14.8 Å². The molecule has 1 aliphatic carbocycles. The molecule has 0 unspecified atom stereocenters. The molecule has 1 saturated carbocycles. The molecule has 1 aliphatic rings. The van der Waals surface area contributed by atoms with Crippen molar-refractivity contribution in [2.45, 2.75) is 58.4 Å². The van der Waals surface area contributed by atoms with E-state index in [9.17, 15) is 4.79 Å². The van der Waals surface area contributed by atoms with Crippen LogP contribution in [0.25, 0.3) is 0 Å². The number of amides is 1. The molecule has 0 bridgehead atoms. The topological polar surface area (TPSA) is 73.8 Å². The quantitative estimate of drug-likeness (QED) is 0.838. The highest BCUT2D eigenvalue weighted by molar-refractivity contribution is 5.88. The predicted molar refractivity (Wildman–Crippen MR) is 69.1 cm³/mol. The first-order chi connectivity index (χ1) is 8.70. The van der Waals surface area contributed by atoms with Gasteiger partial charge in [-0.2, -0.15) is 0 Å². The van der Waals surface area contributed by atoms with E-state index in [2.05, 4.69) is 17.0 Å². The highest BCUT2D eigenvalue weighted by Crippen LogP contribution is 2.27. The Morgan fingerprint density at radius 2 is 2.17 bits per heavy atom. The summed E-state index contributed by atoms with van der Waals surface area (Å²) in [4.78, 5) is 15.3. The van der Waals surface area contributed by atoms with Crippen molar-refractivity contribution in [3.63, 3.8) is 0 Å². The summed E-state index contributed by atoms with van der Waals surface area (Å²) in [6.07, 6.45) is 8.37. The van der Waals surface area contributed by atoms with Gasteiger partial charge in [0, 0.05) is 13.0 Å². The molecule has 0 aliphatic heterocycles. The van der Waals surface area contributed by atoms with Crippen LogP contribution in [0.15, 0.2) is 0 Å². The summed E-state index contributed by atoms with van der Waals surface area (Å²) in [6, 6.07) is 0. The summed E-state index contributed by atoms with van der Waals surface area (Å²) in [7, 11) is 0. The fourth-order valence-corrected chi connectivity index (χ4v) is 2.67. The number of carbonyl (C=O) groups excluding carboxylic acids is 1. The van der Waals surface area contributed by atoms with Gasteiger partial charge in [-0.15, -0.1) is 5.10 Å². The van der Waals surface area contributed by atoms with Gasteiger partial charge in [0.05, 0.1) is 0 Å². The molecular weight excluding hydrogens is 228 g/mol. The number of nitrogens with zero attached hydrogens (tertiary/aromatic N) is 3. The minimum absolute atomic E-state index is 0.157. The van der Waals surface area contributed by atoms with E-state index in [0.29, 0.717) is 0 Å². The second-order valence-electron chi connectivity index (χ2n) is 5.13. The number of aryl methyl sites for hydroxylation is 2. The zero-order valence-electron chi connectivity index (χ0n) is 11.1. The summed E-state index contributed by atoms with van der Waals surface area (Å²) >= 11 is 0. The SMILES string of the molecule is CCCc1nc(C(N)=O)nn1CCC1CCCC1. The molecule has 1 aromatic heterocycles. The minimum atomic E-state index is -0.535. The lowest BCUT2D eigenvalue weighted by Crippen LogP contribution is -2.14. The number of aromatic nitrogens is 3. The maximum atomic E-state index is 11.1. The Morgan fingerprint density at radius 1 is 1.44 bits per heavy atom. The zero-order valence-corrected chi connectivity index (χ0v) is 11.1. The molecule has 1 heterocycles. The van der Waals surface area contributed by atoms with Gasteiger partial charge in [-0.25, -0.2) is 9.67 Å². The number of nitrogens with two attached hydrogens (primary N) is 1. The molecule has 1 aromatic rings. The summed E-state index contributed by atoms with van der Waals surface area (Å²) in [5, 5.41) is 4.22. The number of rotatable bonds is 6. The third-order valence-corrected chi connectivity index (χ3v) is 3.67. The van der Waals surface area contributed by atoms with E-state index in [0.717, 1.165) is 37.5 Å².